The Morgan fingerprint density at radius 2 is 0.737 bits per heavy atom. The van der Waals surface area contributed by atoms with E-state index in [1.54, 1.807) is 0 Å². The van der Waals surface area contributed by atoms with Crippen LogP contribution >= 0.6 is 11.8 Å². The number of hydrogen-bond donors (Lipinski definition) is 0. The molecule has 15 rings (SSSR count). The molecule has 2 aliphatic rings. The molecule has 0 aromatic heterocycles. The zero-order valence-corrected chi connectivity index (χ0v) is 42.1. The van der Waals surface area contributed by atoms with Gasteiger partial charge in [0.2, 0.25) is 0 Å². The number of para-hydroxylation sites is 1. The molecule has 2 aliphatic heterocycles. The van der Waals surface area contributed by atoms with Crippen LogP contribution in [0, 0.1) is 0 Å². The Hall–Kier alpha value is -9.61. The van der Waals surface area contributed by atoms with E-state index in [0.29, 0.717) is 0 Å². The normalized spacial score (nSPS) is 12.5. The summed E-state index contributed by atoms with van der Waals surface area (Å²) in [5, 5.41) is 7.17. The summed E-state index contributed by atoms with van der Waals surface area (Å²) in [6.07, 6.45) is 0. The molecule has 0 radical (unpaired) electrons. The van der Waals surface area contributed by atoms with Crippen LogP contribution in [0.5, 0.6) is 11.5 Å². The van der Waals surface area contributed by atoms with Crippen LogP contribution in [0.25, 0.3) is 88.0 Å². The molecular weight excluding hydrogens is 941 g/mol. The minimum absolute atomic E-state index is 0.803. The van der Waals surface area contributed by atoms with Crippen LogP contribution in [0.1, 0.15) is 0 Å². The smallest absolute Gasteiger partial charge is 0.159 e. The molecule has 76 heavy (non-hydrogen) atoms. The van der Waals surface area contributed by atoms with Crippen molar-refractivity contribution in [3.63, 3.8) is 0 Å². The SMILES string of the molecule is c1ccc(-c2cccc(-c3cccc(N4c5ccc(-c6ccc7c(c6)N(c6cccc(-c8c9ccccc9c(-c9ccccc9)c9ccccc89)c6)c6ccccc6S7)cc5Oc5c4ccc4ccccc54)c3)c2)cc1. The second-order valence-corrected chi connectivity index (χ2v) is 20.7. The number of anilines is 6. The van der Waals surface area contributed by atoms with Gasteiger partial charge < -0.3 is 14.5 Å². The first-order valence-electron chi connectivity index (χ1n) is 25.9. The van der Waals surface area contributed by atoms with Crippen LogP contribution < -0.4 is 14.5 Å². The van der Waals surface area contributed by atoms with Gasteiger partial charge in [-0.05, 0) is 155 Å². The van der Waals surface area contributed by atoms with Gasteiger partial charge in [0.15, 0.2) is 11.5 Å². The first-order chi connectivity index (χ1) is 37.7. The zero-order chi connectivity index (χ0) is 50.1. The van der Waals surface area contributed by atoms with Crippen molar-refractivity contribution in [2.24, 2.45) is 0 Å². The van der Waals surface area contributed by atoms with Gasteiger partial charge in [-0.3, -0.25) is 0 Å². The van der Waals surface area contributed by atoms with Crippen molar-refractivity contribution in [2.75, 3.05) is 9.80 Å². The Morgan fingerprint density at radius 3 is 1.46 bits per heavy atom. The minimum atomic E-state index is 0.803. The fourth-order valence-electron chi connectivity index (χ4n) is 11.7. The predicted molar refractivity (Wildman–Crippen MR) is 320 cm³/mol. The largest absolute Gasteiger partial charge is 0.452 e. The van der Waals surface area contributed by atoms with Crippen molar-refractivity contribution in [2.45, 2.75) is 9.79 Å². The second kappa shape index (κ2) is 18.1. The van der Waals surface area contributed by atoms with E-state index in [1.165, 1.54) is 70.3 Å². The maximum Gasteiger partial charge on any atom is 0.159 e. The number of fused-ring (bicyclic) bond motifs is 8. The highest BCUT2D eigenvalue weighted by Crippen LogP contribution is 2.56. The van der Waals surface area contributed by atoms with Crippen LogP contribution in [0.3, 0.4) is 0 Å². The molecule has 4 heteroatoms. The molecule has 0 spiro atoms. The molecule has 13 aromatic carbocycles. The molecule has 0 aliphatic carbocycles. The van der Waals surface area contributed by atoms with Crippen molar-refractivity contribution in [1.29, 1.82) is 0 Å². The average Bonchev–Trinajstić information content (AvgIpc) is 3.57. The van der Waals surface area contributed by atoms with Crippen LogP contribution in [0.2, 0.25) is 0 Å². The summed E-state index contributed by atoms with van der Waals surface area (Å²) in [5.41, 5.74) is 18.2. The van der Waals surface area contributed by atoms with E-state index < -0.39 is 0 Å². The molecule has 0 fully saturated rings. The van der Waals surface area contributed by atoms with Crippen molar-refractivity contribution in [3.05, 3.63) is 279 Å². The third-order valence-corrected chi connectivity index (χ3v) is 16.3. The van der Waals surface area contributed by atoms with Crippen molar-refractivity contribution in [1.82, 2.24) is 0 Å². The topological polar surface area (TPSA) is 15.7 Å². The highest BCUT2D eigenvalue weighted by atomic mass is 32.2. The van der Waals surface area contributed by atoms with Crippen LogP contribution in [0.15, 0.2) is 289 Å². The van der Waals surface area contributed by atoms with Crippen molar-refractivity contribution >= 4 is 78.2 Å². The number of nitrogens with zero attached hydrogens (tertiary/aromatic N) is 2. The molecule has 3 nitrogen and oxygen atoms in total. The molecule has 0 bridgehead atoms. The predicted octanol–water partition coefficient (Wildman–Crippen LogP) is 21.0. The summed E-state index contributed by atoms with van der Waals surface area (Å²) in [7, 11) is 0. The lowest BCUT2D eigenvalue weighted by Crippen LogP contribution is -2.16. The van der Waals surface area contributed by atoms with E-state index >= 15 is 0 Å². The van der Waals surface area contributed by atoms with Gasteiger partial charge in [-0.1, -0.05) is 218 Å². The average molecular weight is 987 g/mol. The van der Waals surface area contributed by atoms with Gasteiger partial charge in [0.25, 0.3) is 0 Å². The highest BCUT2D eigenvalue weighted by Gasteiger charge is 2.30. The summed E-state index contributed by atoms with van der Waals surface area (Å²) in [4.78, 5) is 7.24. The molecule has 356 valence electrons. The Kier molecular flexibility index (Phi) is 10.5. The molecule has 13 aromatic rings. The third-order valence-electron chi connectivity index (χ3n) is 15.2. The van der Waals surface area contributed by atoms with E-state index in [4.69, 9.17) is 4.74 Å². The van der Waals surface area contributed by atoms with Gasteiger partial charge in [0.1, 0.15) is 0 Å². The van der Waals surface area contributed by atoms with E-state index in [0.717, 1.165) is 73.1 Å². The van der Waals surface area contributed by atoms with Gasteiger partial charge >= 0.3 is 0 Å². The maximum atomic E-state index is 7.13. The van der Waals surface area contributed by atoms with E-state index in [2.05, 4.69) is 289 Å². The Morgan fingerprint density at radius 1 is 0.263 bits per heavy atom. The monoisotopic (exact) mass is 986 g/mol. The standard InChI is InChI=1S/C72H46N2OS/c1-3-18-47(19-4-1)50-23-15-24-51(42-50)52-25-16-27-56(43-52)73-63-39-37-54(46-67(63)75-72-58-29-8-7-20-48(58)36-40-65(72)73)53-38-41-69-66(45-53)74(64-34-13-14-35-68(64)76-69)57-28-17-26-55(44-57)71-61-32-11-9-30-59(61)70(49-21-5-2-6-22-49)60-31-10-12-33-62(60)71/h1-46H. The third kappa shape index (κ3) is 7.37. The molecule has 0 amide bonds. The van der Waals surface area contributed by atoms with Gasteiger partial charge in [-0.25, -0.2) is 0 Å². The lowest BCUT2D eigenvalue weighted by molar-refractivity contribution is 0.483. The molecule has 0 unspecified atom stereocenters. The number of benzene rings is 13. The maximum absolute atomic E-state index is 7.13. The van der Waals surface area contributed by atoms with Gasteiger partial charge in [-0.2, -0.15) is 0 Å². The number of ether oxygens (including phenoxy) is 1. The second-order valence-electron chi connectivity index (χ2n) is 19.6. The Bertz CT molecular complexity index is 4380. The highest BCUT2D eigenvalue weighted by molar-refractivity contribution is 7.99. The fourth-order valence-corrected chi connectivity index (χ4v) is 12.7. The fraction of sp³-hybridized carbons (Fsp3) is 0. The van der Waals surface area contributed by atoms with Gasteiger partial charge in [0.05, 0.1) is 22.7 Å². The van der Waals surface area contributed by atoms with Crippen molar-refractivity contribution < 1.29 is 4.74 Å². The lowest BCUT2D eigenvalue weighted by Gasteiger charge is -2.34. The number of rotatable bonds is 7. The van der Waals surface area contributed by atoms with E-state index in [9.17, 15) is 0 Å². The van der Waals surface area contributed by atoms with Gasteiger partial charge in [0, 0.05) is 26.6 Å². The molecule has 2 heterocycles. The molecule has 0 saturated carbocycles. The Balaban J connectivity index is 0.849. The first-order valence-corrected chi connectivity index (χ1v) is 26.7. The van der Waals surface area contributed by atoms with Crippen LogP contribution in [0.4, 0.5) is 34.1 Å². The summed E-state index contributed by atoms with van der Waals surface area (Å²) >= 11 is 1.83. The molecular formula is C72H46N2OS. The first kappa shape index (κ1) is 43.9. The van der Waals surface area contributed by atoms with Crippen LogP contribution in [-0.4, -0.2) is 0 Å². The molecule has 0 atom stereocenters. The Labute approximate surface area is 446 Å². The van der Waals surface area contributed by atoms with E-state index in [-0.39, 0.29) is 0 Å². The summed E-state index contributed by atoms with van der Waals surface area (Å²) in [6, 6.07) is 101. The van der Waals surface area contributed by atoms with Crippen molar-refractivity contribution in [3.8, 4) is 67.1 Å². The summed E-state index contributed by atoms with van der Waals surface area (Å²) in [6.45, 7) is 0. The quantitative estimate of drug-likeness (QED) is 0.148. The van der Waals surface area contributed by atoms with E-state index in [1.807, 2.05) is 11.8 Å². The minimum Gasteiger partial charge on any atom is -0.452 e. The summed E-state index contributed by atoms with van der Waals surface area (Å²) in [5.74, 6) is 1.65. The van der Waals surface area contributed by atoms with Gasteiger partial charge in [-0.15, -0.1) is 0 Å². The molecule has 0 N–H and O–H groups in total. The lowest BCUT2D eigenvalue weighted by atomic mass is 9.86. The molecule has 0 saturated heterocycles. The summed E-state index contributed by atoms with van der Waals surface area (Å²) < 4.78 is 7.13. The number of hydrogen-bond acceptors (Lipinski definition) is 4. The van der Waals surface area contributed by atoms with Crippen LogP contribution in [-0.2, 0) is 0 Å². The zero-order valence-electron chi connectivity index (χ0n) is 41.3.